The van der Waals surface area contributed by atoms with Crippen LogP contribution in [0.25, 0.3) is 10.2 Å². The lowest BCUT2D eigenvalue weighted by Crippen LogP contribution is -2.36. The predicted molar refractivity (Wildman–Crippen MR) is 104 cm³/mol. The van der Waals surface area contributed by atoms with Gasteiger partial charge in [0.15, 0.2) is 5.16 Å². The summed E-state index contributed by atoms with van der Waals surface area (Å²) < 4.78 is 6.58. The highest BCUT2D eigenvalue weighted by Gasteiger charge is 2.17. The molecule has 0 saturated carbocycles. The molecule has 6 nitrogen and oxygen atoms in total. The van der Waals surface area contributed by atoms with E-state index in [1.54, 1.807) is 17.8 Å². The fourth-order valence-electron chi connectivity index (χ4n) is 2.45. The van der Waals surface area contributed by atoms with Gasteiger partial charge >= 0.3 is 0 Å². The molecule has 1 N–H and O–H groups in total. The third kappa shape index (κ3) is 4.50. The summed E-state index contributed by atoms with van der Waals surface area (Å²) in [6.07, 6.45) is 1.66. The van der Waals surface area contributed by atoms with Gasteiger partial charge in [-0.25, -0.2) is 4.98 Å². The van der Waals surface area contributed by atoms with Gasteiger partial charge in [0.25, 0.3) is 5.56 Å². The van der Waals surface area contributed by atoms with Gasteiger partial charge in [0, 0.05) is 24.6 Å². The average molecular weight is 382 g/mol. The molecule has 0 aliphatic carbocycles. The zero-order chi connectivity index (χ0) is 18.6. The Morgan fingerprint density at radius 2 is 2.24 bits per heavy atom. The van der Waals surface area contributed by atoms with Gasteiger partial charge in [-0.1, -0.05) is 17.8 Å². The number of amides is 1. The van der Waals surface area contributed by atoms with Crippen molar-refractivity contribution < 1.29 is 9.53 Å². The first-order valence-corrected chi connectivity index (χ1v) is 9.71. The molecule has 1 amide bonds. The van der Waals surface area contributed by atoms with Gasteiger partial charge in [0.2, 0.25) is 5.91 Å². The van der Waals surface area contributed by atoms with Crippen molar-refractivity contribution in [3.05, 3.63) is 33.4 Å². The topological polar surface area (TPSA) is 73.2 Å². The van der Waals surface area contributed by atoms with Gasteiger partial charge in [0.1, 0.15) is 4.83 Å². The number of hydrogen-bond acceptors (Lipinski definition) is 6. The minimum absolute atomic E-state index is 0.0634. The van der Waals surface area contributed by atoms with Gasteiger partial charge in [-0.3, -0.25) is 14.2 Å². The number of carbonyl (C=O) groups excluding carboxylic acids is 1. The van der Waals surface area contributed by atoms with Crippen molar-refractivity contribution >= 4 is 39.2 Å². The van der Waals surface area contributed by atoms with Crippen molar-refractivity contribution in [2.45, 2.75) is 38.5 Å². The smallest absolute Gasteiger partial charge is 0.263 e. The summed E-state index contributed by atoms with van der Waals surface area (Å²) >= 11 is 2.76. The van der Waals surface area contributed by atoms with Gasteiger partial charge < -0.3 is 10.1 Å². The summed E-state index contributed by atoms with van der Waals surface area (Å²) in [6.45, 7) is 10.3. The molecule has 8 heteroatoms. The Morgan fingerprint density at radius 1 is 1.52 bits per heavy atom. The van der Waals surface area contributed by atoms with Crippen LogP contribution in [0, 0.1) is 13.8 Å². The molecule has 0 aliphatic rings. The van der Waals surface area contributed by atoms with Crippen molar-refractivity contribution in [2.24, 2.45) is 0 Å². The molecule has 2 heterocycles. The lowest BCUT2D eigenvalue weighted by molar-refractivity contribution is -0.119. The molecule has 25 heavy (non-hydrogen) atoms. The van der Waals surface area contributed by atoms with E-state index in [9.17, 15) is 9.59 Å². The normalized spacial score (nSPS) is 12.3. The van der Waals surface area contributed by atoms with Crippen molar-refractivity contribution in [3.63, 3.8) is 0 Å². The first kappa shape index (κ1) is 19.7. The number of thioether (sulfide) groups is 1. The number of aryl methyl sites for hydroxylation is 2. The summed E-state index contributed by atoms with van der Waals surface area (Å²) in [7, 11) is 1.59. The Balaban J connectivity index is 2.28. The number of nitrogens with zero attached hydrogens (tertiary/aromatic N) is 2. The summed E-state index contributed by atoms with van der Waals surface area (Å²) in [5.41, 5.74) is 0.889. The standard InChI is InChI=1S/C17H23N3O3S2/c1-6-7-20-16(22)14-11(3)12(4)25-15(14)19-17(20)24-9-13(21)18-10(2)8-23-5/h6,10H,1,7-9H2,2-5H3,(H,18,21)/t10-/m1/s1. The van der Waals surface area contributed by atoms with Gasteiger partial charge in [0.05, 0.1) is 17.7 Å². The maximum absolute atomic E-state index is 12.8. The number of ether oxygens (including phenoxy) is 1. The monoisotopic (exact) mass is 381 g/mol. The van der Waals surface area contributed by atoms with Crippen LogP contribution in [-0.2, 0) is 16.1 Å². The number of allylic oxidation sites excluding steroid dienone is 1. The maximum atomic E-state index is 12.8. The molecular weight excluding hydrogens is 358 g/mol. The number of hydrogen-bond donors (Lipinski definition) is 1. The lowest BCUT2D eigenvalue weighted by atomic mass is 10.2. The van der Waals surface area contributed by atoms with Crippen molar-refractivity contribution in [1.29, 1.82) is 0 Å². The van der Waals surface area contributed by atoms with Crippen molar-refractivity contribution in [2.75, 3.05) is 19.5 Å². The number of rotatable bonds is 8. The summed E-state index contributed by atoms with van der Waals surface area (Å²) in [4.78, 5) is 31.3. The van der Waals surface area contributed by atoms with Crippen LogP contribution in [0.1, 0.15) is 17.4 Å². The summed E-state index contributed by atoms with van der Waals surface area (Å²) in [5, 5.41) is 4.04. The molecule has 136 valence electrons. The van der Waals surface area contributed by atoms with E-state index >= 15 is 0 Å². The Kier molecular flexibility index (Phi) is 6.80. The first-order chi connectivity index (χ1) is 11.9. The van der Waals surface area contributed by atoms with E-state index in [1.165, 1.54) is 23.1 Å². The Morgan fingerprint density at radius 3 is 2.88 bits per heavy atom. The fourth-order valence-corrected chi connectivity index (χ4v) is 4.34. The van der Waals surface area contributed by atoms with E-state index in [0.717, 1.165) is 15.3 Å². The predicted octanol–water partition coefficient (Wildman–Crippen LogP) is 2.50. The minimum atomic E-state index is -0.118. The van der Waals surface area contributed by atoms with E-state index in [-0.39, 0.29) is 23.3 Å². The number of nitrogens with one attached hydrogen (secondary N) is 1. The van der Waals surface area contributed by atoms with Crippen LogP contribution in [0.2, 0.25) is 0 Å². The van der Waals surface area contributed by atoms with E-state index in [0.29, 0.717) is 23.7 Å². The van der Waals surface area contributed by atoms with E-state index in [2.05, 4.69) is 16.9 Å². The summed E-state index contributed by atoms with van der Waals surface area (Å²) in [5.74, 6) is 0.0690. The summed E-state index contributed by atoms with van der Waals surface area (Å²) in [6, 6.07) is -0.0634. The van der Waals surface area contributed by atoms with Gasteiger partial charge in [-0.05, 0) is 26.3 Å². The van der Waals surface area contributed by atoms with E-state index in [1.807, 2.05) is 20.8 Å². The van der Waals surface area contributed by atoms with Crippen molar-refractivity contribution in [1.82, 2.24) is 14.9 Å². The van der Waals surface area contributed by atoms with Crippen LogP contribution >= 0.6 is 23.1 Å². The molecule has 0 unspecified atom stereocenters. The second-order valence-electron chi connectivity index (χ2n) is 5.77. The lowest BCUT2D eigenvalue weighted by Gasteiger charge is -2.13. The van der Waals surface area contributed by atoms with Crippen LogP contribution in [0.15, 0.2) is 22.6 Å². The third-order valence-electron chi connectivity index (χ3n) is 3.72. The first-order valence-electron chi connectivity index (χ1n) is 7.91. The molecule has 1 atom stereocenters. The molecule has 2 rings (SSSR count). The SMILES string of the molecule is C=CCn1c(SCC(=O)N[C@H](C)COC)nc2sc(C)c(C)c2c1=O. The average Bonchev–Trinajstić information content (AvgIpc) is 2.83. The van der Waals surface area contributed by atoms with Gasteiger partial charge in [-0.15, -0.1) is 17.9 Å². The van der Waals surface area contributed by atoms with Crippen LogP contribution in [0.4, 0.5) is 0 Å². The molecule has 0 bridgehead atoms. The largest absolute Gasteiger partial charge is 0.383 e. The third-order valence-corrected chi connectivity index (χ3v) is 5.80. The van der Waals surface area contributed by atoms with Crippen LogP contribution in [0.3, 0.4) is 0 Å². The minimum Gasteiger partial charge on any atom is -0.383 e. The zero-order valence-electron chi connectivity index (χ0n) is 14.9. The Hall–Kier alpha value is -1.64. The second-order valence-corrected chi connectivity index (χ2v) is 7.92. The van der Waals surface area contributed by atoms with Crippen LogP contribution in [-0.4, -0.2) is 41.0 Å². The van der Waals surface area contributed by atoms with Crippen LogP contribution < -0.4 is 10.9 Å². The zero-order valence-corrected chi connectivity index (χ0v) is 16.6. The highest BCUT2D eigenvalue weighted by Crippen LogP contribution is 2.28. The fraction of sp³-hybridized carbons (Fsp3) is 0.471. The number of fused-ring (bicyclic) bond motifs is 1. The van der Waals surface area contributed by atoms with E-state index in [4.69, 9.17) is 4.74 Å². The number of methoxy groups -OCH3 is 1. The van der Waals surface area contributed by atoms with Gasteiger partial charge in [-0.2, -0.15) is 0 Å². The highest BCUT2D eigenvalue weighted by molar-refractivity contribution is 7.99. The number of aromatic nitrogens is 2. The molecule has 2 aromatic rings. The second kappa shape index (κ2) is 8.64. The van der Waals surface area contributed by atoms with Crippen molar-refractivity contribution in [3.8, 4) is 0 Å². The van der Waals surface area contributed by atoms with E-state index < -0.39 is 0 Å². The molecule has 0 spiro atoms. The Bertz CT molecular complexity index is 842. The Labute approximate surface area is 155 Å². The molecule has 0 radical (unpaired) electrons. The molecule has 0 fully saturated rings. The highest BCUT2D eigenvalue weighted by atomic mass is 32.2. The molecule has 2 aromatic heterocycles. The molecule has 0 aromatic carbocycles. The maximum Gasteiger partial charge on any atom is 0.263 e. The number of thiophene rings is 1. The quantitative estimate of drug-likeness (QED) is 0.432. The molecule has 0 saturated heterocycles. The molecule has 0 aliphatic heterocycles. The number of carbonyl (C=O) groups is 1. The molecular formula is C17H23N3O3S2. The van der Waals surface area contributed by atoms with Crippen LogP contribution in [0.5, 0.6) is 0 Å².